The molecule has 1 amide bonds. The van der Waals surface area contributed by atoms with E-state index < -0.39 is 0 Å². The second-order valence-corrected chi connectivity index (χ2v) is 5.66. The van der Waals surface area contributed by atoms with Gasteiger partial charge in [-0.3, -0.25) is 4.79 Å². The van der Waals surface area contributed by atoms with E-state index >= 15 is 0 Å². The SMILES string of the molecule is O=C(N/N=C\c1ccc(Cl)s1)c1ccc2c(c1)OCO2. The normalized spacial score (nSPS) is 12.8. The minimum absolute atomic E-state index is 0.178. The molecule has 5 nitrogen and oxygen atoms in total. The first-order valence-corrected chi connectivity index (χ1v) is 6.90. The molecule has 0 unspecified atom stereocenters. The monoisotopic (exact) mass is 308 g/mol. The summed E-state index contributed by atoms with van der Waals surface area (Å²) in [5, 5.41) is 3.88. The summed E-state index contributed by atoms with van der Waals surface area (Å²) in [5.41, 5.74) is 2.90. The van der Waals surface area contributed by atoms with Gasteiger partial charge in [-0.2, -0.15) is 5.10 Å². The Balaban J connectivity index is 1.66. The van der Waals surface area contributed by atoms with Gasteiger partial charge in [-0.05, 0) is 30.3 Å². The summed E-state index contributed by atoms with van der Waals surface area (Å²) in [4.78, 5) is 12.8. The van der Waals surface area contributed by atoms with Crippen molar-refractivity contribution in [1.82, 2.24) is 5.43 Å². The Kier molecular flexibility index (Phi) is 3.58. The third-order valence-electron chi connectivity index (χ3n) is 2.59. The maximum absolute atomic E-state index is 11.9. The molecule has 0 bridgehead atoms. The van der Waals surface area contributed by atoms with E-state index in [9.17, 15) is 4.79 Å². The van der Waals surface area contributed by atoms with Crippen molar-refractivity contribution < 1.29 is 14.3 Å². The molecule has 7 heteroatoms. The molecule has 1 aromatic heterocycles. The van der Waals surface area contributed by atoms with Crippen LogP contribution in [-0.2, 0) is 0 Å². The second-order valence-electron chi connectivity index (χ2n) is 3.91. The number of rotatable bonds is 3. The van der Waals surface area contributed by atoms with Crippen molar-refractivity contribution in [2.75, 3.05) is 6.79 Å². The highest BCUT2D eigenvalue weighted by Gasteiger charge is 2.15. The molecule has 2 heterocycles. The van der Waals surface area contributed by atoms with Crippen LogP contribution in [-0.4, -0.2) is 18.9 Å². The van der Waals surface area contributed by atoms with Crippen molar-refractivity contribution in [3.8, 4) is 11.5 Å². The van der Waals surface area contributed by atoms with Gasteiger partial charge in [0.25, 0.3) is 5.91 Å². The molecule has 1 aliphatic rings. The first-order chi connectivity index (χ1) is 9.72. The van der Waals surface area contributed by atoms with Crippen molar-refractivity contribution >= 4 is 35.1 Å². The predicted octanol–water partition coefficient (Wildman–Crippen LogP) is 2.89. The van der Waals surface area contributed by atoms with Gasteiger partial charge in [0.1, 0.15) is 0 Å². The average molecular weight is 309 g/mol. The fraction of sp³-hybridized carbons (Fsp3) is 0.0769. The van der Waals surface area contributed by atoms with E-state index in [0.29, 0.717) is 21.4 Å². The van der Waals surface area contributed by atoms with E-state index in [1.165, 1.54) is 11.3 Å². The van der Waals surface area contributed by atoms with Gasteiger partial charge < -0.3 is 9.47 Å². The Morgan fingerprint density at radius 1 is 1.30 bits per heavy atom. The molecule has 0 atom stereocenters. The number of thiophene rings is 1. The van der Waals surface area contributed by atoms with Gasteiger partial charge in [0.15, 0.2) is 11.5 Å². The van der Waals surface area contributed by atoms with Gasteiger partial charge in [-0.25, -0.2) is 5.43 Å². The third-order valence-corrected chi connectivity index (χ3v) is 3.75. The van der Waals surface area contributed by atoms with Gasteiger partial charge >= 0.3 is 0 Å². The van der Waals surface area contributed by atoms with Crippen LogP contribution in [0.3, 0.4) is 0 Å². The summed E-state index contributed by atoms with van der Waals surface area (Å²) < 4.78 is 11.1. The number of nitrogens with zero attached hydrogens (tertiary/aromatic N) is 1. The number of benzene rings is 1. The molecule has 0 saturated carbocycles. The lowest BCUT2D eigenvalue weighted by molar-refractivity contribution is 0.0954. The molecular formula is C13H9ClN2O3S. The van der Waals surface area contributed by atoms with Crippen molar-refractivity contribution in [2.45, 2.75) is 0 Å². The zero-order valence-electron chi connectivity index (χ0n) is 10.1. The highest BCUT2D eigenvalue weighted by atomic mass is 35.5. The lowest BCUT2D eigenvalue weighted by Crippen LogP contribution is -2.17. The Morgan fingerprint density at radius 3 is 2.95 bits per heavy atom. The maximum atomic E-state index is 11.9. The molecule has 0 saturated heterocycles. The molecule has 20 heavy (non-hydrogen) atoms. The summed E-state index contributed by atoms with van der Waals surface area (Å²) >= 11 is 7.18. The maximum Gasteiger partial charge on any atom is 0.271 e. The Hall–Kier alpha value is -2.05. The standard InChI is InChI=1S/C13H9ClN2O3S/c14-12-4-2-9(20-12)6-15-16-13(17)8-1-3-10-11(5-8)19-7-18-10/h1-6H,7H2,(H,16,17)/b15-6-. The van der Waals surface area contributed by atoms with Gasteiger partial charge in [0.05, 0.1) is 10.6 Å². The summed E-state index contributed by atoms with van der Waals surface area (Å²) in [7, 11) is 0. The minimum Gasteiger partial charge on any atom is -0.454 e. The first kappa shape index (κ1) is 13.0. The number of amides is 1. The van der Waals surface area contributed by atoms with Crippen LogP contribution >= 0.6 is 22.9 Å². The van der Waals surface area contributed by atoms with Gasteiger partial charge in [-0.15, -0.1) is 11.3 Å². The first-order valence-electron chi connectivity index (χ1n) is 5.71. The minimum atomic E-state index is -0.317. The molecule has 0 spiro atoms. The number of ether oxygens (including phenoxy) is 2. The van der Waals surface area contributed by atoms with Gasteiger partial charge in [-0.1, -0.05) is 11.6 Å². The van der Waals surface area contributed by atoms with Crippen molar-refractivity contribution in [3.63, 3.8) is 0 Å². The number of carbonyl (C=O) groups excluding carboxylic acids is 1. The van der Waals surface area contributed by atoms with E-state index in [4.69, 9.17) is 21.1 Å². The molecule has 0 aliphatic carbocycles. The van der Waals surface area contributed by atoms with Crippen molar-refractivity contribution in [2.24, 2.45) is 5.10 Å². The number of halogens is 1. The molecule has 1 aromatic carbocycles. The number of fused-ring (bicyclic) bond motifs is 1. The van der Waals surface area contributed by atoms with Crippen molar-refractivity contribution in [1.29, 1.82) is 0 Å². The fourth-order valence-corrected chi connectivity index (χ4v) is 2.59. The number of hydrogen-bond donors (Lipinski definition) is 1. The fourth-order valence-electron chi connectivity index (χ4n) is 1.65. The van der Waals surface area contributed by atoms with E-state index in [0.717, 1.165) is 4.88 Å². The molecule has 2 aromatic rings. The van der Waals surface area contributed by atoms with Crippen LogP contribution in [0.2, 0.25) is 4.34 Å². The summed E-state index contributed by atoms with van der Waals surface area (Å²) in [6.07, 6.45) is 1.54. The van der Waals surface area contributed by atoms with Crippen LogP contribution in [0.5, 0.6) is 11.5 Å². The Bertz CT molecular complexity index is 684. The second kappa shape index (κ2) is 5.52. The summed E-state index contributed by atoms with van der Waals surface area (Å²) in [6.45, 7) is 0.178. The number of hydrogen-bond acceptors (Lipinski definition) is 5. The molecule has 1 aliphatic heterocycles. The molecule has 0 fully saturated rings. The molecule has 0 radical (unpaired) electrons. The van der Waals surface area contributed by atoms with Crippen LogP contribution in [0.25, 0.3) is 0 Å². The van der Waals surface area contributed by atoms with Crippen molar-refractivity contribution in [3.05, 3.63) is 45.1 Å². The largest absolute Gasteiger partial charge is 0.454 e. The van der Waals surface area contributed by atoms with Crippen LogP contribution in [0, 0.1) is 0 Å². The zero-order chi connectivity index (χ0) is 13.9. The Labute approximate surface area is 123 Å². The smallest absolute Gasteiger partial charge is 0.271 e. The van der Waals surface area contributed by atoms with Crippen LogP contribution < -0.4 is 14.9 Å². The number of carbonyl (C=O) groups is 1. The van der Waals surface area contributed by atoms with E-state index in [2.05, 4.69) is 10.5 Å². The average Bonchev–Trinajstić information content (AvgIpc) is 3.06. The highest BCUT2D eigenvalue weighted by Crippen LogP contribution is 2.32. The lowest BCUT2D eigenvalue weighted by Gasteiger charge is -2.01. The van der Waals surface area contributed by atoms with Crippen LogP contribution in [0.1, 0.15) is 15.2 Å². The molecule has 102 valence electrons. The molecule has 1 N–H and O–H groups in total. The quantitative estimate of drug-likeness (QED) is 0.700. The molecular weight excluding hydrogens is 300 g/mol. The zero-order valence-corrected chi connectivity index (χ0v) is 11.7. The van der Waals surface area contributed by atoms with E-state index in [1.54, 1.807) is 30.5 Å². The summed E-state index contributed by atoms with van der Waals surface area (Å²) in [5.74, 6) is 0.882. The molecule has 3 rings (SSSR count). The van der Waals surface area contributed by atoms with Gasteiger partial charge in [0, 0.05) is 10.4 Å². The van der Waals surface area contributed by atoms with E-state index in [-0.39, 0.29) is 12.7 Å². The number of nitrogens with one attached hydrogen (secondary N) is 1. The third kappa shape index (κ3) is 2.76. The van der Waals surface area contributed by atoms with Crippen LogP contribution in [0.15, 0.2) is 35.4 Å². The highest BCUT2D eigenvalue weighted by molar-refractivity contribution is 7.17. The Morgan fingerprint density at radius 2 is 2.15 bits per heavy atom. The topological polar surface area (TPSA) is 59.9 Å². The predicted molar refractivity (Wildman–Crippen MR) is 77.0 cm³/mol. The summed E-state index contributed by atoms with van der Waals surface area (Å²) in [6, 6.07) is 8.56. The van der Waals surface area contributed by atoms with Crippen LogP contribution in [0.4, 0.5) is 0 Å². The number of hydrazone groups is 1. The lowest BCUT2D eigenvalue weighted by atomic mass is 10.2. The van der Waals surface area contributed by atoms with Gasteiger partial charge in [0.2, 0.25) is 6.79 Å². The van der Waals surface area contributed by atoms with E-state index in [1.807, 2.05) is 6.07 Å².